The number of fused-ring (bicyclic) bond motifs is 1. The molecule has 0 radical (unpaired) electrons. The van der Waals surface area contributed by atoms with Gasteiger partial charge in [0, 0.05) is 29.8 Å². The Morgan fingerprint density at radius 2 is 2.07 bits per heavy atom. The van der Waals surface area contributed by atoms with Crippen LogP contribution in [0.3, 0.4) is 0 Å². The average Bonchev–Trinajstić information content (AvgIpc) is 3.53. The SMILES string of the molecule is C[C@@H](NC(=O)C1CC1c1ccc2cccnc2c1)c1ccc(OCC(F)(F)F)nc1. The van der Waals surface area contributed by atoms with Crippen molar-refractivity contribution in [2.75, 3.05) is 6.61 Å². The summed E-state index contributed by atoms with van der Waals surface area (Å²) < 4.78 is 41.2. The average molecular weight is 415 g/mol. The Morgan fingerprint density at radius 3 is 2.80 bits per heavy atom. The summed E-state index contributed by atoms with van der Waals surface area (Å²) in [5.74, 6) is -0.0939. The maximum absolute atomic E-state index is 12.6. The van der Waals surface area contributed by atoms with E-state index in [0.717, 1.165) is 22.9 Å². The Labute approximate surface area is 171 Å². The van der Waals surface area contributed by atoms with Crippen LogP contribution >= 0.6 is 0 Å². The molecule has 2 heterocycles. The molecular formula is C22H20F3N3O2. The Hall–Kier alpha value is -3.16. The van der Waals surface area contributed by atoms with Gasteiger partial charge in [-0.3, -0.25) is 9.78 Å². The predicted octanol–water partition coefficient (Wildman–Crippen LogP) is 4.55. The number of halogens is 3. The molecule has 30 heavy (non-hydrogen) atoms. The number of hydrogen-bond donors (Lipinski definition) is 1. The highest BCUT2D eigenvalue weighted by Crippen LogP contribution is 2.48. The van der Waals surface area contributed by atoms with Crippen LogP contribution in [0.1, 0.15) is 36.4 Å². The zero-order valence-electron chi connectivity index (χ0n) is 16.2. The number of alkyl halides is 3. The minimum absolute atomic E-state index is 0.0500. The molecule has 1 aliphatic carbocycles. The largest absolute Gasteiger partial charge is 0.468 e. The number of rotatable bonds is 6. The molecule has 0 spiro atoms. The molecule has 1 saturated carbocycles. The first-order valence-electron chi connectivity index (χ1n) is 9.61. The Kier molecular flexibility index (Phi) is 5.32. The van der Waals surface area contributed by atoms with Crippen LogP contribution in [0.4, 0.5) is 13.2 Å². The number of aromatic nitrogens is 2. The summed E-state index contributed by atoms with van der Waals surface area (Å²) in [6.07, 6.45) is -0.475. The summed E-state index contributed by atoms with van der Waals surface area (Å²) in [7, 11) is 0. The fraction of sp³-hybridized carbons (Fsp3) is 0.318. The van der Waals surface area contributed by atoms with Gasteiger partial charge in [0.25, 0.3) is 0 Å². The van der Waals surface area contributed by atoms with Crippen molar-refractivity contribution in [2.24, 2.45) is 5.92 Å². The molecule has 1 aromatic carbocycles. The van der Waals surface area contributed by atoms with Crippen molar-refractivity contribution in [3.05, 3.63) is 66.0 Å². The monoisotopic (exact) mass is 415 g/mol. The van der Waals surface area contributed by atoms with Crippen LogP contribution in [0.2, 0.25) is 0 Å². The summed E-state index contributed by atoms with van der Waals surface area (Å²) in [6.45, 7) is 0.418. The van der Waals surface area contributed by atoms with Crippen molar-refractivity contribution in [1.82, 2.24) is 15.3 Å². The number of hydrogen-bond acceptors (Lipinski definition) is 4. The first-order chi connectivity index (χ1) is 14.3. The van der Waals surface area contributed by atoms with Crippen LogP contribution in [0.25, 0.3) is 10.9 Å². The maximum atomic E-state index is 12.6. The summed E-state index contributed by atoms with van der Waals surface area (Å²) in [6, 6.07) is 12.6. The van der Waals surface area contributed by atoms with Gasteiger partial charge in [-0.15, -0.1) is 0 Å². The van der Waals surface area contributed by atoms with Gasteiger partial charge in [0.15, 0.2) is 6.61 Å². The number of ether oxygens (including phenoxy) is 1. The lowest BCUT2D eigenvalue weighted by Crippen LogP contribution is -2.28. The summed E-state index contributed by atoms with van der Waals surface area (Å²) in [5.41, 5.74) is 2.70. The molecule has 1 amide bonds. The summed E-state index contributed by atoms with van der Waals surface area (Å²) in [5, 5.41) is 4.02. The summed E-state index contributed by atoms with van der Waals surface area (Å²) >= 11 is 0. The lowest BCUT2D eigenvalue weighted by molar-refractivity contribution is -0.154. The molecule has 0 aliphatic heterocycles. The second kappa shape index (κ2) is 7.93. The van der Waals surface area contributed by atoms with E-state index in [9.17, 15) is 18.0 Å². The molecular weight excluding hydrogens is 395 g/mol. The minimum atomic E-state index is -4.41. The topological polar surface area (TPSA) is 64.1 Å². The van der Waals surface area contributed by atoms with Crippen molar-refractivity contribution in [3.8, 4) is 5.88 Å². The third-order valence-corrected chi connectivity index (χ3v) is 5.19. The fourth-order valence-corrected chi connectivity index (χ4v) is 3.46. The molecule has 1 fully saturated rings. The second-order valence-electron chi connectivity index (χ2n) is 7.47. The predicted molar refractivity (Wildman–Crippen MR) is 105 cm³/mol. The number of amides is 1. The van der Waals surface area contributed by atoms with E-state index in [4.69, 9.17) is 0 Å². The number of pyridine rings is 2. The van der Waals surface area contributed by atoms with Crippen molar-refractivity contribution < 1.29 is 22.7 Å². The molecule has 8 heteroatoms. The molecule has 156 valence electrons. The number of carbonyl (C=O) groups excluding carboxylic acids is 1. The van der Waals surface area contributed by atoms with Crippen molar-refractivity contribution in [3.63, 3.8) is 0 Å². The Morgan fingerprint density at radius 1 is 1.23 bits per heavy atom. The van der Waals surface area contributed by atoms with E-state index in [1.165, 1.54) is 12.3 Å². The fourth-order valence-electron chi connectivity index (χ4n) is 3.46. The van der Waals surface area contributed by atoms with E-state index in [1.807, 2.05) is 37.3 Å². The minimum Gasteiger partial charge on any atom is -0.468 e. The highest BCUT2D eigenvalue weighted by molar-refractivity contribution is 5.84. The summed E-state index contributed by atoms with van der Waals surface area (Å²) in [4.78, 5) is 20.9. The van der Waals surface area contributed by atoms with Gasteiger partial charge in [-0.25, -0.2) is 4.98 Å². The molecule has 0 saturated heterocycles. The molecule has 4 rings (SSSR count). The highest BCUT2D eigenvalue weighted by atomic mass is 19.4. The number of nitrogens with one attached hydrogen (secondary N) is 1. The van der Waals surface area contributed by atoms with E-state index in [1.54, 1.807) is 12.3 Å². The third-order valence-electron chi connectivity index (χ3n) is 5.19. The zero-order valence-corrected chi connectivity index (χ0v) is 16.2. The van der Waals surface area contributed by atoms with Gasteiger partial charge in [0.1, 0.15) is 0 Å². The highest BCUT2D eigenvalue weighted by Gasteiger charge is 2.44. The maximum Gasteiger partial charge on any atom is 0.422 e. The molecule has 3 aromatic rings. The standard InChI is InChI=1S/C22H20F3N3O2/c1-13(16-6-7-20(27-11-16)30-12-22(23,24)25)28-21(29)18-10-17(18)15-5-4-14-3-2-8-26-19(14)9-15/h2-9,11,13,17-18H,10,12H2,1H3,(H,28,29)/t13-,17?,18?/m1/s1. The lowest BCUT2D eigenvalue weighted by Gasteiger charge is -2.15. The molecule has 2 unspecified atom stereocenters. The van der Waals surface area contributed by atoms with E-state index < -0.39 is 12.8 Å². The van der Waals surface area contributed by atoms with Gasteiger partial charge >= 0.3 is 6.18 Å². The Bertz CT molecular complexity index is 1050. The second-order valence-corrected chi connectivity index (χ2v) is 7.47. The van der Waals surface area contributed by atoms with Crippen molar-refractivity contribution in [2.45, 2.75) is 31.5 Å². The third kappa shape index (κ3) is 4.69. The van der Waals surface area contributed by atoms with Crippen LogP contribution in [-0.4, -0.2) is 28.7 Å². The van der Waals surface area contributed by atoms with Crippen LogP contribution in [-0.2, 0) is 4.79 Å². The first kappa shape index (κ1) is 20.1. The van der Waals surface area contributed by atoms with E-state index >= 15 is 0 Å². The lowest BCUT2D eigenvalue weighted by atomic mass is 10.1. The number of nitrogens with zero attached hydrogens (tertiary/aromatic N) is 2. The van der Waals surface area contributed by atoms with Gasteiger partial charge in [-0.2, -0.15) is 13.2 Å². The molecule has 1 aliphatic rings. The molecule has 2 aromatic heterocycles. The van der Waals surface area contributed by atoms with E-state index in [0.29, 0.717) is 5.56 Å². The number of benzene rings is 1. The molecule has 5 nitrogen and oxygen atoms in total. The Balaban J connectivity index is 1.33. The van der Waals surface area contributed by atoms with Gasteiger partial charge in [-0.05, 0) is 42.5 Å². The van der Waals surface area contributed by atoms with Gasteiger partial charge in [0.2, 0.25) is 11.8 Å². The molecule has 1 N–H and O–H groups in total. The van der Waals surface area contributed by atoms with Crippen LogP contribution < -0.4 is 10.1 Å². The van der Waals surface area contributed by atoms with Gasteiger partial charge in [-0.1, -0.05) is 24.3 Å². The van der Waals surface area contributed by atoms with Gasteiger partial charge in [0.05, 0.1) is 11.6 Å². The number of carbonyl (C=O) groups is 1. The van der Waals surface area contributed by atoms with E-state index in [-0.39, 0.29) is 29.7 Å². The first-order valence-corrected chi connectivity index (χ1v) is 9.61. The van der Waals surface area contributed by atoms with E-state index in [2.05, 4.69) is 20.0 Å². The van der Waals surface area contributed by atoms with Crippen molar-refractivity contribution >= 4 is 16.8 Å². The quantitative estimate of drug-likeness (QED) is 0.642. The van der Waals surface area contributed by atoms with Crippen molar-refractivity contribution in [1.29, 1.82) is 0 Å². The van der Waals surface area contributed by atoms with Crippen LogP contribution in [0, 0.1) is 5.92 Å². The molecule has 0 bridgehead atoms. The smallest absolute Gasteiger partial charge is 0.422 e. The van der Waals surface area contributed by atoms with Gasteiger partial charge < -0.3 is 10.1 Å². The molecule has 3 atom stereocenters. The zero-order chi connectivity index (χ0) is 21.3. The normalized spacial score (nSPS) is 19.3. The van der Waals surface area contributed by atoms with Crippen LogP contribution in [0.15, 0.2) is 54.9 Å². The van der Waals surface area contributed by atoms with Crippen LogP contribution in [0.5, 0.6) is 5.88 Å².